The van der Waals surface area contributed by atoms with Gasteiger partial charge in [0, 0.05) is 11.8 Å². The predicted molar refractivity (Wildman–Crippen MR) is 82.5 cm³/mol. The van der Waals surface area contributed by atoms with Crippen molar-refractivity contribution in [3.05, 3.63) is 35.6 Å². The Morgan fingerprint density at radius 2 is 1.63 bits per heavy atom. The van der Waals surface area contributed by atoms with E-state index < -0.39 is 0 Å². The summed E-state index contributed by atoms with van der Waals surface area (Å²) >= 11 is 5.99. The van der Waals surface area contributed by atoms with Gasteiger partial charge in [-0.2, -0.15) is 0 Å². The first-order chi connectivity index (χ1) is 9.29. The Hall–Kier alpha value is -0.560. The maximum atomic E-state index is 13.7. The van der Waals surface area contributed by atoms with Gasteiger partial charge in [-0.15, -0.1) is 11.6 Å². The molecule has 1 aromatic carbocycles. The van der Waals surface area contributed by atoms with Crippen LogP contribution >= 0.6 is 11.6 Å². The summed E-state index contributed by atoms with van der Waals surface area (Å²) < 4.78 is 13.7. The molecule has 108 valence electrons. The van der Waals surface area contributed by atoms with Gasteiger partial charge in [-0.1, -0.05) is 70.1 Å². The van der Waals surface area contributed by atoms with Gasteiger partial charge in [-0.25, -0.2) is 4.39 Å². The second-order valence-electron chi connectivity index (χ2n) is 5.28. The second-order valence-corrected chi connectivity index (χ2v) is 5.59. The third kappa shape index (κ3) is 6.42. The van der Waals surface area contributed by atoms with Crippen molar-refractivity contribution in [2.24, 2.45) is 0 Å². The summed E-state index contributed by atoms with van der Waals surface area (Å²) in [7, 11) is 0. The van der Waals surface area contributed by atoms with Crippen LogP contribution in [-0.4, -0.2) is 5.88 Å². The Morgan fingerprint density at radius 3 is 2.26 bits per heavy atom. The van der Waals surface area contributed by atoms with Crippen molar-refractivity contribution < 1.29 is 4.39 Å². The molecule has 19 heavy (non-hydrogen) atoms. The molecule has 0 N–H and O–H groups in total. The first kappa shape index (κ1) is 16.5. The first-order valence-electron chi connectivity index (χ1n) is 7.60. The fraction of sp³-hybridized carbons (Fsp3) is 0.647. The molecule has 0 spiro atoms. The summed E-state index contributed by atoms with van der Waals surface area (Å²) in [6.45, 7) is 2.24. The number of hydrogen-bond acceptors (Lipinski definition) is 0. The van der Waals surface area contributed by atoms with Crippen molar-refractivity contribution in [2.45, 2.75) is 64.2 Å². The lowest BCUT2D eigenvalue weighted by atomic mass is 9.94. The largest absolute Gasteiger partial charge is 0.207 e. The standard InChI is InChI=1S/C17H26ClF/c1-2-3-4-5-6-7-8-11-15(14-18)16-12-9-10-13-17(16)19/h9-10,12-13,15H,2-8,11,14H2,1H3. The molecule has 0 radical (unpaired) electrons. The lowest BCUT2D eigenvalue weighted by Crippen LogP contribution is -2.03. The van der Waals surface area contributed by atoms with Gasteiger partial charge in [-0.3, -0.25) is 0 Å². The van der Waals surface area contributed by atoms with E-state index in [1.807, 2.05) is 12.1 Å². The van der Waals surface area contributed by atoms with Crippen LogP contribution in [0.1, 0.15) is 69.8 Å². The zero-order valence-corrected chi connectivity index (χ0v) is 12.8. The van der Waals surface area contributed by atoms with Crippen LogP contribution in [0.15, 0.2) is 24.3 Å². The Balaban J connectivity index is 2.24. The van der Waals surface area contributed by atoms with E-state index in [1.54, 1.807) is 6.07 Å². The molecule has 0 heterocycles. The van der Waals surface area contributed by atoms with Gasteiger partial charge in [0.2, 0.25) is 0 Å². The zero-order chi connectivity index (χ0) is 13.9. The minimum Gasteiger partial charge on any atom is -0.207 e. The molecule has 0 aliphatic rings. The van der Waals surface area contributed by atoms with E-state index in [2.05, 4.69) is 6.92 Å². The molecule has 1 rings (SSSR count). The van der Waals surface area contributed by atoms with E-state index in [0.29, 0.717) is 5.88 Å². The predicted octanol–water partition coefficient (Wildman–Crippen LogP) is 6.29. The van der Waals surface area contributed by atoms with Crippen LogP contribution in [0.4, 0.5) is 4.39 Å². The quantitative estimate of drug-likeness (QED) is 0.350. The first-order valence-corrected chi connectivity index (χ1v) is 8.13. The number of hydrogen-bond donors (Lipinski definition) is 0. The van der Waals surface area contributed by atoms with Gasteiger partial charge >= 0.3 is 0 Å². The van der Waals surface area contributed by atoms with Crippen molar-refractivity contribution in [1.82, 2.24) is 0 Å². The third-order valence-corrected chi connectivity index (χ3v) is 4.06. The average molecular weight is 285 g/mol. The number of rotatable bonds is 10. The van der Waals surface area contributed by atoms with Crippen LogP contribution in [-0.2, 0) is 0 Å². The van der Waals surface area contributed by atoms with Crippen LogP contribution in [0.25, 0.3) is 0 Å². The highest BCUT2D eigenvalue weighted by atomic mass is 35.5. The summed E-state index contributed by atoms with van der Waals surface area (Å²) in [5.74, 6) is 0.561. The maximum absolute atomic E-state index is 13.7. The Kier molecular flexibility index (Phi) is 8.90. The summed E-state index contributed by atoms with van der Waals surface area (Å²) in [4.78, 5) is 0. The fourth-order valence-corrected chi connectivity index (χ4v) is 2.79. The van der Waals surface area contributed by atoms with E-state index in [-0.39, 0.29) is 11.7 Å². The van der Waals surface area contributed by atoms with Crippen molar-refractivity contribution >= 4 is 11.6 Å². The highest BCUT2D eigenvalue weighted by Crippen LogP contribution is 2.26. The average Bonchev–Trinajstić information content (AvgIpc) is 2.43. The third-order valence-electron chi connectivity index (χ3n) is 3.69. The molecule has 2 heteroatoms. The van der Waals surface area contributed by atoms with Gasteiger partial charge in [0.05, 0.1) is 0 Å². The summed E-state index contributed by atoms with van der Waals surface area (Å²) in [5, 5.41) is 0. The normalized spacial score (nSPS) is 12.6. The van der Waals surface area contributed by atoms with E-state index in [4.69, 9.17) is 11.6 Å². The monoisotopic (exact) mass is 284 g/mol. The molecule has 0 aliphatic carbocycles. The molecule has 0 bridgehead atoms. The minimum atomic E-state index is -0.115. The Bertz CT molecular complexity index is 338. The smallest absolute Gasteiger partial charge is 0.126 e. The van der Waals surface area contributed by atoms with E-state index in [9.17, 15) is 4.39 Å². The Morgan fingerprint density at radius 1 is 1.00 bits per heavy atom. The highest BCUT2D eigenvalue weighted by molar-refractivity contribution is 6.18. The molecule has 0 amide bonds. The van der Waals surface area contributed by atoms with Gasteiger partial charge < -0.3 is 0 Å². The molecular weight excluding hydrogens is 259 g/mol. The van der Waals surface area contributed by atoms with Gasteiger partial charge in [0.25, 0.3) is 0 Å². The number of alkyl halides is 1. The number of unbranched alkanes of at least 4 members (excludes halogenated alkanes) is 6. The highest BCUT2D eigenvalue weighted by Gasteiger charge is 2.13. The van der Waals surface area contributed by atoms with Crippen molar-refractivity contribution in [3.8, 4) is 0 Å². The van der Waals surface area contributed by atoms with Crippen LogP contribution < -0.4 is 0 Å². The van der Waals surface area contributed by atoms with Gasteiger partial charge in [-0.05, 0) is 18.1 Å². The minimum absolute atomic E-state index is 0.115. The second kappa shape index (κ2) is 10.3. The van der Waals surface area contributed by atoms with E-state index in [1.165, 1.54) is 44.6 Å². The molecule has 1 aromatic rings. The molecular formula is C17H26ClF. The number of benzene rings is 1. The number of halogens is 2. The zero-order valence-electron chi connectivity index (χ0n) is 12.0. The maximum Gasteiger partial charge on any atom is 0.126 e. The summed E-state index contributed by atoms with van der Waals surface area (Å²) in [6, 6.07) is 7.02. The molecule has 0 aliphatic heterocycles. The summed E-state index contributed by atoms with van der Waals surface area (Å²) in [6.07, 6.45) is 10.0. The van der Waals surface area contributed by atoms with E-state index in [0.717, 1.165) is 18.4 Å². The van der Waals surface area contributed by atoms with Crippen molar-refractivity contribution in [2.75, 3.05) is 5.88 Å². The van der Waals surface area contributed by atoms with Crippen molar-refractivity contribution in [3.63, 3.8) is 0 Å². The molecule has 1 unspecified atom stereocenters. The van der Waals surface area contributed by atoms with Crippen molar-refractivity contribution in [1.29, 1.82) is 0 Å². The van der Waals surface area contributed by atoms with Gasteiger partial charge in [0.15, 0.2) is 0 Å². The van der Waals surface area contributed by atoms with Crippen LogP contribution in [0.5, 0.6) is 0 Å². The summed E-state index contributed by atoms with van der Waals surface area (Å²) in [5.41, 5.74) is 0.781. The molecule has 0 saturated heterocycles. The lowest BCUT2D eigenvalue weighted by molar-refractivity contribution is 0.532. The topological polar surface area (TPSA) is 0 Å². The van der Waals surface area contributed by atoms with Crippen LogP contribution in [0.3, 0.4) is 0 Å². The fourth-order valence-electron chi connectivity index (χ4n) is 2.47. The molecule has 0 aromatic heterocycles. The molecule has 1 atom stereocenters. The molecule has 0 fully saturated rings. The van der Waals surface area contributed by atoms with Crippen LogP contribution in [0.2, 0.25) is 0 Å². The lowest BCUT2D eigenvalue weighted by Gasteiger charge is -2.15. The Labute approximate surface area is 122 Å². The molecule has 0 saturated carbocycles. The van der Waals surface area contributed by atoms with E-state index >= 15 is 0 Å². The van der Waals surface area contributed by atoms with Gasteiger partial charge in [0.1, 0.15) is 5.82 Å². The molecule has 0 nitrogen and oxygen atoms in total. The van der Waals surface area contributed by atoms with Crippen LogP contribution in [0, 0.1) is 5.82 Å². The SMILES string of the molecule is CCCCCCCCCC(CCl)c1ccccc1F.